The molecule has 0 aromatic rings. The van der Waals surface area contributed by atoms with Crippen molar-refractivity contribution in [3.63, 3.8) is 0 Å². The number of hydrogen-bond donors (Lipinski definition) is 1. The van der Waals surface area contributed by atoms with E-state index in [1.165, 1.54) is 25.7 Å². The third-order valence-electron chi connectivity index (χ3n) is 4.43. The summed E-state index contributed by atoms with van der Waals surface area (Å²) in [5.41, 5.74) is 0. The Hall–Kier alpha value is -0.570. The highest BCUT2D eigenvalue weighted by Gasteiger charge is 2.30. The molecule has 2 rings (SSSR count). The van der Waals surface area contributed by atoms with Crippen LogP contribution in [-0.2, 0) is 4.79 Å². The predicted molar refractivity (Wildman–Crippen MR) is 74.5 cm³/mol. The number of hydrogen-bond acceptors (Lipinski definition) is 2. The van der Waals surface area contributed by atoms with E-state index in [0.717, 1.165) is 45.3 Å². The fourth-order valence-electron chi connectivity index (χ4n) is 3.38. The van der Waals surface area contributed by atoms with Gasteiger partial charge in [-0.05, 0) is 32.2 Å². The highest BCUT2D eigenvalue weighted by atomic mass is 16.2. The van der Waals surface area contributed by atoms with Gasteiger partial charge in [0.15, 0.2) is 0 Å². The molecule has 1 unspecified atom stereocenters. The van der Waals surface area contributed by atoms with Gasteiger partial charge in [-0.1, -0.05) is 32.6 Å². The van der Waals surface area contributed by atoms with Crippen LogP contribution in [0.1, 0.15) is 58.3 Å². The maximum Gasteiger partial charge on any atom is 0.225 e. The Morgan fingerprint density at radius 1 is 1.17 bits per heavy atom. The van der Waals surface area contributed by atoms with E-state index >= 15 is 0 Å². The molecule has 1 atom stereocenters. The van der Waals surface area contributed by atoms with Crippen LogP contribution < -0.4 is 5.32 Å². The lowest BCUT2D eigenvalue weighted by atomic mass is 9.97. The molecule has 1 amide bonds. The first-order valence-corrected chi connectivity index (χ1v) is 7.84. The van der Waals surface area contributed by atoms with Gasteiger partial charge < -0.3 is 10.2 Å². The van der Waals surface area contributed by atoms with Crippen molar-refractivity contribution in [2.75, 3.05) is 19.6 Å². The number of amides is 1. The van der Waals surface area contributed by atoms with Crippen molar-refractivity contribution >= 4 is 5.91 Å². The van der Waals surface area contributed by atoms with Gasteiger partial charge in [-0.25, -0.2) is 0 Å². The van der Waals surface area contributed by atoms with E-state index in [4.69, 9.17) is 0 Å². The standard InChI is InChI=1S/C15H28N2O/c1-2-11-17(14-9-10-16-12-14)15(18)13-7-5-3-4-6-8-13/h13-14,16H,2-12H2,1H3. The van der Waals surface area contributed by atoms with Gasteiger partial charge in [-0.15, -0.1) is 0 Å². The fraction of sp³-hybridized carbons (Fsp3) is 0.933. The number of rotatable bonds is 4. The molecule has 2 fully saturated rings. The third kappa shape index (κ3) is 3.47. The molecule has 2 aliphatic rings. The van der Waals surface area contributed by atoms with Crippen molar-refractivity contribution in [3.05, 3.63) is 0 Å². The molecule has 0 bridgehead atoms. The summed E-state index contributed by atoms with van der Waals surface area (Å²) < 4.78 is 0. The Kier molecular flexibility index (Phi) is 5.48. The lowest BCUT2D eigenvalue weighted by Gasteiger charge is -2.31. The smallest absolute Gasteiger partial charge is 0.225 e. The van der Waals surface area contributed by atoms with Crippen LogP contribution in [0.4, 0.5) is 0 Å². The number of nitrogens with one attached hydrogen (secondary N) is 1. The van der Waals surface area contributed by atoms with Crippen LogP contribution in [0.2, 0.25) is 0 Å². The van der Waals surface area contributed by atoms with Crippen molar-refractivity contribution < 1.29 is 4.79 Å². The van der Waals surface area contributed by atoms with E-state index in [2.05, 4.69) is 17.1 Å². The highest BCUT2D eigenvalue weighted by Crippen LogP contribution is 2.26. The van der Waals surface area contributed by atoms with Gasteiger partial charge in [-0.2, -0.15) is 0 Å². The second-order valence-corrected chi connectivity index (χ2v) is 5.87. The molecule has 1 heterocycles. The minimum absolute atomic E-state index is 0.319. The first-order valence-electron chi connectivity index (χ1n) is 7.84. The molecule has 3 nitrogen and oxygen atoms in total. The first-order chi connectivity index (χ1) is 8.83. The van der Waals surface area contributed by atoms with Crippen molar-refractivity contribution in [2.45, 2.75) is 64.3 Å². The fourth-order valence-corrected chi connectivity index (χ4v) is 3.38. The summed E-state index contributed by atoms with van der Waals surface area (Å²) in [5.74, 6) is 0.770. The van der Waals surface area contributed by atoms with Crippen molar-refractivity contribution in [1.29, 1.82) is 0 Å². The molecule has 1 saturated carbocycles. The molecule has 0 aromatic carbocycles. The normalized spacial score (nSPS) is 25.9. The molecule has 1 aliphatic carbocycles. The van der Waals surface area contributed by atoms with E-state index in [1.807, 2.05) is 0 Å². The van der Waals surface area contributed by atoms with Gasteiger partial charge in [0.1, 0.15) is 0 Å². The van der Waals surface area contributed by atoms with Crippen LogP contribution in [0.15, 0.2) is 0 Å². The average Bonchev–Trinajstić information content (AvgIpc) is 2.77. The molecule has 0 radical (unpaired) electrons. The van der Waals surface area contributed by atoms with E-state index < -0.39 is 0 Å². The monoisotopic (exact) mass is 252 g/mol. The Labute approximate surface area is 111 Å². The van der Waals surface area contributed by atoms with Gasteiger partial charge in [-0.3, -0.25) is 4.79 Å². The van der Waals surface area contributed by atoms with E-state index in [1.54, 1.807) is 0 Å². The summed E-state index contributed by atoms with van der Waals surface area (Å²) in [6.45, 7) is 5.19. The quantitative estimate of drug-likeness (QED) is 0.780. The molecule has 1 aliphatic heterocycles. The average molecular weight is 252 g/mol. The van der Waals surface area contributed by atoms with Gasteiger partial charge in [0.05, 0.1) is 0 Å². The second kappa shape index (κ2) is 7.13. The minimum atomic E-state index is 0.319. The van der Waals surface area contributed by atoms with Crippen molar-refractivity contribution in [3.8, 4) is 0 Å². The minimum Gasteiger partial charge on any atom is -0.338 e. The maximum absolute atomic E-state index is 12.7. The Morgan fingerprint density at radius 3 is 2.44 bits per heavy atom. The Balaban J connectivity index is 1.96. The lowest BCUT2D eigenvalue weighted by molar-refractivity contribution is -0.138. The van der Waals surface area contributed by atoms with Crippen molar-refractivity contribution in [2.24, 2.45) is 5.92 Å². The van der Waals surface area contributed by atoms with Gasteiger partial charge in [0, 0.05) is 25.0 Å². The summed E-state index contributed by atoms with van der Waals surface area (Å²) in [6, 6.07) is 0.459. The molecule has 18 heavy (non-hydrogen) atoms. The first kappa shape index (κ1) is 13.9. The van der Waals surface area contributed by atoms with Crippen molar-refractivity contribution in [1.82, 2.24) is 10.2 Å². The maximum atomic E-state index is 12.7. The molecule has 3 heteroatoms. The van der Waals surface area contributed by atoms with Gasteiger partial charge in [0.25, 0.3) is 0 Å². The van der Waals surface area contributed by atoms with Crippen LogP contribution in [-0.4, -0.2) is 36.5 Å². The summed E-state index contributed by atoms with van der Waals surface area (Å²) in [5, 5.41) is 3.39. The van der Waals surface area contributed by atoms with Crippen LogP contribution in [0, 0.1) is 5.92 Å². The van der Waals surface area contributed by atoms with Crippen LogP contribution >= 0.6 is 0 Å². The van der Waals surface area contributed by atoms with Gasteiger partial charge >= 0.3 is 0 Å². The Bertz CT molecular complexity index is 253. The number of nitrogens with zero attached hydrogens (tertiary/aromatic N) is 1. The molecule has 0 aromatic heterocycles. The summed E-state index contributed by atoms with van der Waals surface area (Å²) in [4.78, 5) is 14.9. The van der Waals surface area contributed by atoms with E-state index in [9.17, 15) is 4.79 Å². The summed E-state index contributed by atoms with van der Waals surface area (Å²) in [7, 11) is 0. The number of carbonyl (C=O) groups excluding carboxylic acids is 1. The van der Waals surface area contributed by atoms with Crippen LogP contribution in [0.25, 0.3) is 0 Å². The zero-order chi connectivity index (χ0) is 12.8. The molecular formula is C15H28N2O. The molecule has 1 N–H and O–H groups in total. The topological polar surface area (TPSA) is 32.3 Å². The van der Waals surface area contributed by atoms with Gasteiger partial charge in [0.2, 0.25) is 5.91 Å². The number of carbonyl (C=O) groups is 1. The zero-order valence-electron chi connectivity index (χ0n) is 11.8. The second-order valence-electron chi connectivity index (χ2n) is 5.87. The summed E-state index contributed by atoms with van der Waals surface area (Å²) in [6.07, 6.45) is 9.61. The van der Waals surface area contributed by atoms with E-state index in [0.29, 0.717) is 17.9 Å². The molecular weight excluding hydrogens is 224 g/mol. The zero-order valence-corrected chi connectivity index (χ0v) is 11.8. The SMILES string of the molecule is CCCN(C(=O)C1CCCCCC1)C1CCNC1. The highest BCUT2D eigenvalue weighted by molar-refractivity contribution is 5.79. The van der Waals surface area contributed by atoms with Crippen LogP contribution in [0.5, 0.6) is 0 Å². The largest absolute Gasteiger partial charge is 0.338 e. The summed E-state index contributed by atoms with van der Waals surface area (Å²) >= 11 is 0. The van der Waals surface area contributed by atoms with Crippen LogP contribution in [0.3, 0.4) is 0 Å². The third-order valence-corrected chi connectivity index (χ3v) is 4.43. The molecule has 104 valence electrons. The lowest BCUT2D eigenvalue weighted by Crippen LogP contribution is -2.45. The predicted octanol–water partition coefficient (Wildman–Crippen LogP) is 2.56. The Morgan fingerprint density at radius 2 is 1.89 bits per heavy atom. The molecule has 0 spiro atoms. The molecule has 1 saturated heterocycles. The van der Waals surface area contributed by atoms with E-state index in [-0.39, 0.29) is 0 Å².